The van der Waals surface area contributed by atoms with E-state index in [2.05, 4.69) is 20.8 Å². The first kappa shape index (κ1) is 26.3. The van der Waals surface area contributed by atoms with Crippen molar-refractivity contribution < 1.29 is 26.3 Å². The van der Waals surface area contributed by atoms with Gasteiger partial charge in [-0.25, -0.2) is 26.3 Å². The lowest BCUT2D eigenvalue weighted by molar-refractivity contribution is 0.490. The van der Waals surface area contributed by atoms with Gasteiger partial charge in [-0.3, -0.25) is 0 Å². The van der Waals surface area contributed by atoms with Gasteiger partial charge in [-0.2, -0.15) is 4.68 Å². The topological polar surface area (TPSA) is 81.7 Å². The van der Waals surface area contributed by atoms with Crippen LogP contribution in [0.5, 0.6) is 0 Å². The van der Waals surface area contributed by atoms with Crippen LogP contribution in [0.1, 0.15) is 11.1 Å². The number of hydrogen-bond donors (Lipinski definition) is 2. The number of tetrazole rings is 1. The molecule has 3 N–H and O–H groups in total. The van der Waals surface area contributed by atoms with Crippen molar-refractivity contribution >= 4 is 29.2 Å². The zero-order valence-electron chi connectivity index (χ0n) is 17.3. The van der Waals surface area contributed by atoms with E-state index in [0.29, 0.717) is 22.8 Å². The molecule has 35 heavy (non-hydrogen) atoms. The third kappa shape index (κ3) is 6.21. The summed E-state index contributed by atoms with van der Waals surface area (Å²) in [5.41, 5.74) is 5.34. The highest BCUT2D eigenvalue weighted by Crippen LogP contribution is 2.29. The molecule has 1 heterocycles. The average molecular weight is 535 g/mol. The molecule has 6 nitrogen and oxygen atoms in total. The SMILES string of the molecule is Fc1cc(F)c(CNc2nnnn2-c2cccc(Cl)c2Cl)cc1F.NCc1cc(F)c(F)cc1F. The second-order valence-electron chi connectivity index (χ2n) is 6.76. The van der Waals surface area contributed by atoms with Crippen molar-refractivity contribution in [2.75, 3.05) is 5.32 Å². The van der Waals surface area contributed by atoms with E-state index in [1.54, 1.807) is 18.2 Å². The Kier molecular flexibility index (Phi) is 8.54. The summed E-state index contributed by atoms with van der Waals surface area (Å²) in [5.74, 6) is -6.25. The lowest BCUT2D eigenvalue weighted by Crippen LogP contribution is -2.09. The monoisotopic (exact) mass is 534 g/mol. The Morgan fingerprint density at radius 2 is 1.37 bits per heavy atom. The van der Waals surface area contributed by atoms with Crippen LogP contribution in [0, 0.1) is 34.9 Å². The van der Waals surface area contributed by atoms with E-state index in [-0.39, 0.29) is 35.2 Å². The highest BCUT2D eigenvalue weighted by atomic mass is 35.5. The molecule has 0 bridgehead atoms. The largest absolute Gasteiger partial charge is 0.349 e. The summed E-state index contributed by atoms with van der Waals surface area (Å²) in [5, 5.41) is 14.3. The normalized spacial score (nSPS) is 10.7. The van der Waals surface area contributed by atoms with Crippen molar-refractivity contribution in [3.63, 3.8) is 0 Å². The predicted molar refractivity (Wildman–Crippen MR) is 117 cm³/mol. The van der Waals surface area contributed by atoms with Gasteiger partial charge >= 0.3 is 0 Å². The van der Waals surface area contributed by atoms with Crippen LogP contribution in [0.15, 0.2) is 42.5 Å². The van der Waals surface area contributed by atoms with Crippen molar-refractivity contribution in [2.24, 2.45) is 5.73 Å². The molecule has 0 aliphatic heterocycles. The maximum absolute atomic E-state index is 13.7. The Balaban J connectivity index is 0.000000261. The summed E-state index contributed by atoms with van der Waals surface area (Å²) in [4.78, 5) is 0. The van der Waals surface area contributed by atoms with Gasteiger partial charge in [0.2, 0.25) is 5.95 Å². The lowest BCUT2D eigenvalue weighted by Gasteiger charge is -2.10. The van der Waals surface area contributed by atoms with Gasteiger partial charge in [0, 0.05) is 36.3 Å². The van der Waals surface area contributed by atoms with Crippen molar-refractivity contribution in [3.8, 4) is 5.69 Å². The number of nitrogens with one attached hydrogen (secondary N) is 1. The predicted octanol–water partition coefficient (Wildman–Crippen LogP) is 5.56. The van der Waals surface area contributed by atoms with Gasteiger partial charge in [-0.1, -0.05) is 34.4 Å². The molecule has 0 radical (unpaired) electrons. The molecule has 1 aromatic heterocycles. The molecule has 0 aliphatic rings. The van der Waals surface area contributed by atoms with E-state index in [4.69, 9.17) is 28.9 Å². The molecule has 0 amide bonds. The molecule has 4 rings (SSSR count). The zero-order valence-corrected chi connectivity index (χ0v) is 18.9. The summed E-state index contributed by atoms with van der Waals surface area (Å²) < 4.78 is 78.2. The summed E-state index contributed by atoms with van der Waals surface area (Å²) in [6.45, 7) is -0.301. The Morgan fingerprint density at radius 3 is 2.00 bits per heavy atom. The number of halogens is 8. The van der Waals surface area contributed by atoms with Crippen molar-refractivity contribution in [2.45, 2.75) is 13.1 Å². The molecule has 14 heteroatoms. The van der Waals surface area contributed by atoms with Crippen LogP contribution in [0.4, 0.5) is 32.3 Å². The van der Waals surface area contributed by atoms with E-state index in [9.17, 15) is 26.3 Å². The Labute approximate surface area is 204 Å². The molecule has 184 valence electrons. The summed E-state index contributed by atoms with van der Waals surface area (Å²) in [6, 6.07) is 7.36. The fraction of sp³-hybridized carbons (Fsp3) is 0.0952. The van der Waals surface area contributed by atoms with Crippen LogP contribution in [0.2, 0.25) is 10.0 Å². The number of hydrogen-bond acceptors (Lipinski definition) is 5. The first-order valence-corrected chi connectivity index (χ1v) is 10.3. The van der Waals surface area contributed by atoms with Crippen molar-refractivity contribution in [1.82, 2.24) is 20.2 Å². The molecule has 0 aliphatic carbocycles. The number of nitrogens with two attached hydrogens (primary N) is 1. The Bertz CT molecular complexity index is 1350. The maximum Gasteiger partial charge on any atom is 0.248 e. The second-order valence-corrected chi connectivity index (χ2v) is 7.55. The first-order valence-electron chi connectivity index (χ1n) is 9.56. The van der Waals surface area contributed by atoms with Crippen LogP contribution in [-0.4, -0.2) is 20.2 Å². The number of aromatic nitrogens is 4. The average Bonchev–Trinajstić information content (AvgIpc) is 3.28. The van der Waals surface area contributed by atoms with E-state index >= 15 is 0 Å². The van der Waals surface area contributed by atoms with Crippen LogP contribution in [0.25, 0.3) is 5.69 Å². The minimum atomic E-state index is -1.26. The standard InChI is InChI=1S/C14H8Cl2F3N5.C7H6F3N/c15-8-2-1-3-12(13(8)16)24-14(21-22-23-24)20-6-7-4-10(18)11(19)5-9(7)17;8-5-2-7(10)6(9)1-4(5)3-11/h1-5H,6H2,(H,20,21,23);1-2H,3,11H2. The van der Waals surface area contributed by atoms with E-state index < -0.39 is 34.9 Å². The molecule has 0 saturated heterocycles. The lowest BCUT2D eigenvalue weighted by atomic mass is 10.2. The molecule has 0 atom stereocenters. The van der Waals surface area contributed by atoms with Gasteiger partial charge in [0.15, 0.2) is 23.3 Å². The summed E-state index contributed by atoms with van der Waals surface area (Å²) in [7, 11) is 0. The van der Waals surface area contributed by atoms with Gasteiger partial charge in [0.1, 0.15) is 11.6 Å². The Morgan fingerprint density at radius 1 is 0.800 bits per heavy atom. The first-order chi connectivity index (χ1) is 16.6. The van der Waals surface area contributed by atoms with Gasteiger partial charge in [-0.05, 0) is 34.7 Å². The smallest absolute Gasteiger partial charge is 0.248 e. The zero-order chi connectivity index (χ0) is 25.7. The highest BCUT2D eigenvalue weighted by Gasteiger charge is 2.15. The third-order valence-corrected chi connectivity index (χ3v) is 5.27. The van der Waals surface area contributed by atoms with E-state index in [0.717, 1.165) is 12.1 Å². The number of anilines is 1. The molecule has 0 unspecified atom stereocenters. The molecule has 0 fully saturated rings. The number of nitrogens with zero attached hydrogens (tertiary/aromatic N) is 4. The van der Waals surface area contributed by atoms with E-state index in [1.807, 2.05) is 0 Å². The van der Waals surface area contributed by atoms with Gasteiger partial charge in [0.25, 0.3) is 0 Å². The fourth-order valence-electron chi connectivity index (χ4n) is 2.71. The molecular weight excluding hydrogens is 521 g/mol. The second kappa shape index (κ2) is 11.4. The third-order valence-electron chi connectivity index (χ3n) is 4.46. The van der Waals surface area contributed by atoms with Crippen LogP contribution >= 0.6 is 23.2 Å². The summed E-state index contributed by atoms with van der Waals surface area (Å²) >= 11 is 12.1. The van der Waals surface area contributed by atoms with Crippen molar-refractivity contribution in [3.05, 3.63) is 98.5 Å². The summed E-state index contributed by atoms with van der Waals surface area (Å²) in [6.07, 6.45) is 0. The van der Waals surface area contributed by atoms with Gasteiger partial charge in [0.05, 0.1) is 15.7 Å². The molecule has 3 aromatic carbocycles. The minimum Gasteiger partial charge on any atom is -0.349 e. The number of benzene rings is 3. The van der Waals surface area contributed by atoms with Gasteiger partial charge in [-0.15, -0.1) is 0 Å². The Hall–Kier alpha value is -3.35. The van der Waals surface area contributed by atoms with Crippen LogP contribution in [-0.2, 0) is 13.1 Å². The molecule has 4 aromatic rings. The number of rotatable bonds is 5. The fourth-order valence-corrected chi connectivity index (χ4v) is 3.08. The minimum absolute atomic E-state index is 0.0242. The van der Waals surface area contributed by atoms with Crippen LogP contribution in [0.3, 0.4) is 0 Å². The van der Waals surface area contributed by atoms with E-state index in [1.165, 1.54) is 4.68 Å². The molecule has 0 spiro atoms. The molecular formula is C21H14Cl2F6N6. The van der Waals surface area contributed by atoms with Crippen molar-refractivity contribution in [1.29, 1.82) is 0 Å². The molecule has 0 saturated carbocycles. The van der Waals surface area contributed by atoms with Gasteiger partial charge < -0.3 is 11.1 Å². The van der Waals surface area contributed by atoms with Crippen LogP contribution < -0.4 is 11.1 Å². The quantitative estimate of drug-likeness (QED) is 0.259. The maximum atomic E-state index is 13.7. The highest BCUT2D eigenvalue weighted by molar-refractivity contribution is 6.43.